The molecule has 0 aromatic heterocycles. The van der Waals surface area contributed by atoms with Crippen molar-refractivity contribution < 1.29 is 49.3 Å². The largest absolute Gasteiger partial charge is 0.466 e. The zero-order valence-electron chi connectivity index (χ0n) is 56.2. The molecule has 0 aliphatic carbocycles. The number of aliphatic hydroxyl groups is 5. The number of aliphatic hydroxyl groups excluding tert-OH is 5. The summed E-state index contributed by atoms with van der Waals surface area (Å²) < 4.78 is 16.7. The average Bonchev–Trinajstić information content (AvgIpc) is 3.72. The molecule has 0 spiro atoms. The van der Waals surface area contributed by atoms with E-state index in [2.05, 4.69) is 66.9 Å². The summed E-state index contributed by atoms with van der Waals surface area (Å²) in [6.07, 6.45) is 78.0. The van der Waals surface area contributed by atoms with Gasteiger partial charge in [0.1, 0.15) is 24.4 Å². The Bertz CT molecular complexity index is 1680. The van der Waals surface area contributed by atoms with E-state index >= 15 is 0 Å². The first-order chi connectivity index (χ1) is 42.7. The van der Waals surface area contributed by atoms with Crippen molar-refractivity contribution >= 4 is 11.9 Å². The molecule has 0 aromatic rings. The first-order valence-electron chi connectivity index (χ1n) is 36.7. The van der Waals surface area contributed by atoms with Crippen LogP contribution in [-0.2, 0) is 23.8 Å². The standard InChI is InChI=1S/C76H137NO10/c1-3-5-7-9-11-13-14-15-16-17-31-35-38-41-44-48-52-56-60-64-72(81)85-65-61-57-53-49-45-42-39-36-33-30-28-26-24-22-20-18-19-21-23-25-27-29-32-34-37-40-43-47-51-55-59-63-71(80)77-68(69(79)62-58-54-50-46-12-10-8-6-4-2)67-86-76-75(84)74(83)73(82)70(66-78)87-76/h4,6,12,15-16,20,22,26,28,46,58,62,68-70,73-76,78-79,82-84H,3,5,7-11,13-14,17-19,21,23-25,27,29-45,47-57,59-61,63-67H2,1-2H3,(H,77,80)/b6-4+,16-15-,22-20-,28-26-,46-12+,62-58+. The Labute approximate surface area is 534 Å². The van der Waals surface area contributed by atoms with Crippen molar-refractivity contribution in [1.82, 2.24) is 5.32 Å². The number of rotatable bonds is 64. The second kappa shape index (κ2) is 64.6. The quantitative estimate of drug-likeness (QED) is 0.0195. The Morgan fingerprint density at radius 3 is 1.28 bits per heavy atom. The monoisotopic (exact) mass is 1220 g/mol. The highest BCUT2D eigenvalue weighted by atomic mass is 16.7. The molecule has 0 aromatic carbocycles. The van der Waals surface area contributed by atoms with Gasteiger partial charge in [0, 0.05) is 12.8 Å². The zero-order chi connectivity index (χ0) is 63.0. The molecule has 1 aliphatic heterocycles. The maximum Gasteiger partial charge on any atom is 0.305 e. The lowest BCUT2D eigenvalue weighted by molar-refractivity contribution is -0.302. The molecule has 11 nitrogen and oxygen atoms in total. The summed E-state index contributed by atoms with van der Waals surface area (Å²) in [5.74, 6) is -0.195. The smallest absolute Gasteiger partial charge is 0.305 e. The van der Waals surface area contributed by atoms with Crippen LogP contribution >= 0.6 is 0 Å². The van der Waals surface area contributed by atoms with Crippen molar-refractivity contribution in [3.05, 3.63) is 72.9 Å². The Morgan fingerprint density at radius 1 is 0.448 bits per heavy atom. The van der Waals surface area contributed by atoms with Gasteiger partial charge in [0.15, 0.2) is 6.29 Å². The van der Waals surface area contributed by atoms with Gasteiger partial charge in [-0.2, -0.15) is 0 Å². The second-order valence-electron chi connectivity index (χ2n) is 25.3. The van der Waals surface area contributed by atoms with Crippen LogP contribution in [0.5, 0.6) is 0 Å². The molecule has 1 aliphatic rings. The molecule has 1 heterocycles. The summed E-state index contributed by atoms with van der Waals surface area (Å²) in [5, 5.41) is 54.2. The van der Waals surface area contributed by atoms with Gasteiger partial charge in [-0.3, -0.25) is 9.59 Å². The highest BCUT2D eigenvalue weighted by Crippen LogP contribution is 2.23. The topological polar surface area (TPSA) is 175 Å². The van der Waals surface area contributed by atoms with Crippen molar-refractivity contribution in [2.75, 3.05) is 19.8 Å². The molecular formula is C76H137NO10. The Balaban J connectivity index is 1.90. The summed E-state index contributed by atoms with van der Waals surface area (Å²) >= 11 is 0. The number of nitrogens with one attached hydrogen (secondary N) is 1. The van der Waals surface area contributed by atoms with E-state index < -0.39 is 49.5 Å². The first kappa shape index (κ1) is 82.1. The number of ether oxygens (including phenoxy) is 3. The minimum absolute atomic E-state index is 0.00411. The van der Waals surface area contributed by atoms with E-state index in [0.29, 0.717) is 19.4 Å². The van der Waals surface area contributed by atoms with E-state index in [1.165, 1.54) is 238 Å². The number of carbonyl (C=O) groups excluding carboxylic acids is 2. The molecule has 87 heavy (non-hydrogen) atoms. The van der Waals surface area contributed by atoms with Gasteiger partial charge in [-0.25, -0.2) is 0 Å². The molecule has 0 saturated carbocycles. The van der Waals surface area contributed by atoms with Gasteiger partial charge < -0.3 is 45.1 Å². The van der Waals surface area contributed by atoms with E-state index in [4.69, 9.17) is 14.2 Å². The average molecular weight is 1220 g/mol. The van der Waals surface area contributed by atoms with Crippen molar-refractivity contribution in [3.63, 3.8) is 0 Å². The number of hydrogen-bond donors (Lipinski definition) is 6. The fraction of sp³-hybridized carbons (Fsp3) is 0.816. The van der Waals surface area contributed by atoms with Gasteiger partial charge in [0.2, 0.25) is 5.91 Å². The third-order valence-electron chi connectivity index (χ3n) is 17.1. The van der Waals surface area contributed by atoms with Crippen molar-refractivity contribution in [1.29, 1.82) is 0 Å². The lowest BCUT2D eigenvalue weighted by Crippen LogP contribution is -2.60. The van der Waals surface area contributed by atoms with Crippen LogP contribution in [-0.4, -0.2) is 100 Å². The van der Waals surface area contributed by atoms with Gasteiger partial charge in [0.05, 0.1) is 32.0 Å². The second-order valence-corrected chi connectivity index (χ2v) is 25.3. The van der Waals surface area contributed by atoms with Gasteiger partial charge in [0.25, 0.3) is 0 Å². The number of amides is 1. The molecular weight excluding hydrogens is 1090 g/mol. The van der Waals surface area contributed by atoms with Gasteiger partial charge >= 0.3 is 5.97 Å². The van der Waals surface area contributed by atoms with Gasteiger partial charge in [-0.1, -0.05) is 285 Å². The molecule has 506 valence electrons. The summed E-state index contributed by atoms with van der Waals surface area (Å²) in [6, 6.07) is -0.834. The Morgan fingerprint density at radius 2 is 0.828 bits per heavy atom. The number of esters is 1. The minimum Gasteiger partial charge on any atom is -0.466 e. The molecule has 11 heteroatoms. The van der Waals surface area contributed by atoms with Crippen molar-refractivity contribution in [3.8, 4) is 0 Å². The number of allylic oxidation sites excluding steroid dienone is 11. The van der Waals surface area contributed by atoms with Crippen LogP contribution in [0.15, 0.2) is 72.9 Å². The summed E-state index contributed by atoms with van der Waals surface area (Å²) in [7, 11) is 0. The molecule has 1 saturated heterocycles. The highest BCUT2D eigenvalue weighted by molar-refractivity contribution is 5.76. The predicted octanol–water partition coefficient (Wildman–Crippen LogP) is 19.1. The number of hydrogen-bond acceptors (Lipinski definition) is 10. The van der Waals surface area contributed by atoms with E-state index in [1.807, 2.05) is 19.1 Å². The molecule has 1 amide bonds. The summed E-state index contributed by atoms with van der Waals surface area (Å²) in [4.78, 5) is 25.1. The van der Waals surface area contributed by atoms with Crippen LogP contribution in [0.1, 0.15) is 335 Å². The third-order valence-corrected chi connectivity index (χ3v) is 17.1. The molecule has 0 bridgehead atoms. The fourth-order valence-electron chi connectivity index (χ4n) is 11.3. The highest BCUT2D eigenvalue weighted by Gasteiger charge is 2.44. The van der Waals surface area contributed by atoms with Crippen LogP contribution in [0.3, 0.4) is 0 Å². The predicted molar refractivity (Wildman–Crippen MR) is 366 cm³/mol. The van der Waals surface area contributed by atoms with Gasteiger partial charge in [-0.05, 0) is 110 Å². The van der Waals surface area contributed by atoms with E-state index in [0.717, 1.165) is 70.6 Å². The first-order valence-corrected chi connectivity index (χ1v) is 36.7. The van der Waals surface area contributed by atoms with Crippen LogP contribution in [0.2, 0.25) is 0 Å². The lowest BCUT2D eigenvalue weighted by Gasteiger charge is -2.40. The molecule has 7 unspecified atom stereocenters. The Hall–Kier alpha value is -2.90. The van der Waals surface area contributed by atoms with Crippen molar-refractivity contribution in [2.45, 2.75) is 378 Å². The molecule has 1 rings (SSSR count). The van der Waals surface area contributed by atoms with E-state index in [9.17, 15) is 35.1 Å². The van der Waals surface area contributed by atoms with Crippen molar-refractivity contribution in [2.24, 2.45) is 0 Å². The summed E-state index contributed by atoms with van der Waals surface area (Å²) in [5.41, 5.74) is 0. The Kier molecular flexibility index (Phi) is 61.0. The molecule has 7 atom stereocenters. The number of unbranched alkanes of at least 4 members (excludes halogenated alkanes) is 41. The minimum atomic E-state index is -1.58. The maximum atomic E-state index is 13.0. The summed E-state index contributed by atoms with van der Waals surface area (Å²) in [6.45, 7) is 4.10. The fourth-order valence-corrected chi connectivity index (χ4v) is 11.3. The van der Waals surface area contributed by atoms with Crippen LogP contribution in [0, 0.1) is 0 Å². The van der Waals surface area contributed by atoms with E-state index in [1.54, 1.807) is 6.08 Å². The van der Waals surface area contributed by atoms with E-state index in [-0.39, 0.29) is 18.5 Å². The zero-order valence-corrected chi connectivity index (χ0v) is 56.2. The normalized spacial score (nSPS) is 18.3. The third kappa shape index (κ3) is 53.5. The molecule has 1 fully saturated rings. The molecule has 6 N–H and O–H groups in total. The number of carbonyl (C=O) groups is 2. The van der Waals surface area contributed by atoms with Crippen LogP contribution in [0.4, 0.5) is 0 Å². The maximum absolute atomic E-state index is 13.0. The van der Waals surface area contributed by atoms with Crippen LogP contribution < -0.4 is 5.32 Å². The van der Waals surface area contributed by atoms with Gasteiger partial charge in [-0.15, -0.1) is 0 Å². The lowest BCUT2D eigenvalue weighted by atomic mass is 9.99. The SMILES string of the molecule is C/C=C/CC/C=C/CC/C=C/C(O)C(COC1OC(CO)C(O)C(O)C1O)NC(=O)CCCCCCCCCCCCCCCCC/C=C\C/C=C\CCCCCCCCCCCOC(=O)CCCCCCCCCCC/C=C\CCCCCCCC. The molecule has 0 radical (unpaired) electrons. The van der Waals surface area contributed by atoms with Crippen LogP contribution in [0.25, 0.3) is 0 Å².